The summed E-state index contributed by atoms with van der Waals surface area (Å²) in [5.41, 5.74) is 0.812. The number of piperidine rings is 1. The number of benzene rings is 1. The highest BCUT2D eigenvalue weighted by atomic mass is 19.1. The maximum atomic E-state index is 13.7. The molecule has 2 saturated heterocycles. The first-order valence-corrected chi connectivity index (χ1v) is 8.77. The maximum absolute atomic E-state index is 13.7. The topological polar surface area (TPSA) is 32.8 Å². The summed E-state index contributed by atoms with van der Waals surface area (Å²) in [5, 5.41) is 0. The van der Waals surface area contributed by atoms with Crippen molar-refractivity contribution in [3.63, 3.8) is 0 Å². The van der Waals surface area contributed by atoms with Crippen molar-refractivity contribution < 1.29 is 13.9 Å². The standard InChI is InChI=1S/C19H27FN2O2/c1-19(2)13-17-16(22(19)15-7-4-6-14(20)12-15)8-5-10-21(17)18(23)9-11-24-3/h4,6-7,12,16-17H,5,8-11,13H2,1-3H3/t16-,17-/m0/s1. The second kappa shape index (κ2) is 6.71. The molecule has 2 aliphatic heterocycles. The minimum atomic E-state index is -0.212. The van der Waals surface area contributed by atoms with Gasteiger partial charge in [0.15, 0.2) is 0 Å². The van der Waals surface area contributed by atoms with Gasteiger partial charge in [-0.25, -0.2) is 4.39 Å². The Morgan fingerprint density at radius 1 is 1.38 bits per heavy atom. The summed E-state index contributed by atoms with van der Waals surface area (Å²) < 4.78 is 18.8. The summed E-state index contributed by atoms with van der Waals surface area (Å²) in [6, 6.07) is 7.27. The van der Waals surface area contributed by atoms with Gasteiger partial charge >= 0.3 is 0 Å². The fourth-order valence-electron chi connectivity index (χ4n) is 4.45. The molecule has 24 heavy (non-hydrogen) atoms. The number of fused-ring (bicyclic) bond motifs is 1. The van der Waals surface area contributed by atoms with Gasteiger partial charge < -0.3 is 14.5 Å². The Bertz CT molecular complexity index is 605. The summed E-state index contributed by atoms with van der Waals surface area (Å²) in [6.07, 6.45) is 3.37. The molecule has 0 radical (unpaired) electrons. The summed E-state index contributed by atoms with van der Waals surface area (Å²) in [6.45, 7) is 5.66. The van der Waals surface area contributed by atoms with Crippen LogP contribution in [0.4, 0.5) is 10.1 Å². The fourth-order valence-corrected chi connectivity index (χ4v) is 4.45. The molecular formula is C19H27FN2O2. The summed E-state index contributed by atoms with van der Waals surface area (Å²) in [7, 11) is 1.62. The summed E-state index contributed by atoms with van der Waals surface area (Å²) in [5.74, 6) is -0.0426. The number of methoxy groups -OCH3 is 1. The molecule has 3 rings (SSSR count). The number of rotatable bonds is 4. The van der Waals surface area contributed by atoms with Gasteiger partial charge in [-0.1, -0.05) is 6.07 Å². The van der Waals surface area contributed by atoms with Crippen LogP contribution in [0.25, 0.3) is 0 Å². The van der Waals surface area contributed by atoms with Gasteiger partial charge in [0.05, 0.1) is 25.1 Å². The normalized spacial score (nSPS) is 25.7. The van der Waals surface area contributed by atoms with Crippen LogP contribution < -0.4 is 4.90 Å². The molecule has 0 spiro atoms. The molecule has 0 aromatic heterocycles. The highest BCUT2D eigenvalue weighted by molar-refractivity contribution is 5.77. The molecule has 5 heteroatoms. The number of carbonyl (C=O) groups is 1. The van der Waals surface area contributed by atoms with Crippen molar-refractivity contribution in [2.75, 3.05) is 25.2 Å². The number of nitrogens with zero attached hydrogens (tertiary/aromatic N) is 2. The predicted octanol–water partition coefficient (Wildman–Crippen LogP) is 3.21. The van der Waals surface area contributed by atoms with Crippen LogP contribution in [0.15, 0.2) is 24.3 Å². The molecule has 2 fully saturated rings. The third kappa shape index (κ3) is 3.14. The second-order valence-corrected chi connectivity index (χ2v) is 7.47. The van der Waals surface area contributed by atoms with Crippen LogP contribution in [0.1, 0.15) is 39.5 Å². The average molecular weight is 334 g/mol. The Morgan fingerprint density at radius 2 is 2.17 bits per heavy atom. The molecular weight excluding hydrogens is 307 g/mol. The van der Waals surface area contributed by atoms with Crippen LogP contribution in [0, 0.1) is 5.82 Å². The SMILES string of the molecule is COCCC(=O)N1CCC[C@H]2[C@@H]1CC(C)(C)N2c1cccc(F)c1. The lowest BCUT2D eigenvalue weighted by Crippen LogP contribution is -2.53. The van der Waals surface area contributed by atoms with E-state index < -0.39 is 0 Å². The Kier molecular flexibility index (Phi) is 4.81. The molecule has 0 unspecified atom stereocenters. The summed E-state index contributed by atoms with van der Waals surface area (Å²) in [4.78, 5) is 16.9. The minimum absolute atomic E-state index is 0.104. The molecule has 1 aromatic carbocycles. The number of hydrogen-bond acceptors (Lipinski definition) is 3. The lowest BCUT2D eigenvalue weighted by molar-refractivity contribution is -0.135. The van der Waals surface area contributed by atoms with Crippen LogP contribution >= 0.6 is 0 Å². The number of amides is 1. The molecule has 0 aliphatic carbocycles. The van der Waals surface area contributed by atoms with Crippen LogP contribution in [-0.4, -0.2) is 48.7 Å². The van der Waals surface area contributed by atoms with Crippen molar-refractivity contribution in [1.29, 1.82) is 0 Å². The van der Waals surface area contributed by atoms with Crippen molar-refractivity contribution in [2.24, 2.45) is 0 Å². The third-order valence-corrected chi connectivity index (χ3v) is 5.36. The zero-order valence-electron chi connectivity index (χ0n) is 14.8. The van der Waals surface area contributed by atoms with Gasteiger partial charge in [0.1, 0.15) is 5.82 Å². The lowest BCUT2D eigenvalue weighted by Gasteiger charge is -2.42. The van der Waals surface area contributed by atoms with Crippen LogP contribution in [0.5, 0.6) is 0 Å². The number of anilines is 1. The van der Waals surface area contributed by atoms with Crippen LogP contribution in [0.3, 0.4) is 0 Å². The van der Waals surface area contributed by atoms with Gasteiger partial charge in [0, 0.05) is 24.9 Å². The molecule has 2 heterocycles. The fraction of sp³-hybridized carbons (Fsp3) is 0.632. The number of hydrogen-bond donors (Lipinski definition) is 0. The van der Waals surface area contributed by atoms with Crippen molar-refractivity contribution >= 4 is 11.6 Å². The van der Waals surface area contributed by atoms with E-state index in [0.717, 1.165) is 31.5 Å². The smallest absolute Gasteiger partial charge is 0.225 e. The lowest BCUT2D eigenvalue weighted by atomic mass is 9.94. The zero-order valence-corrected chi connectivity index (χ0v) is 14.8. The number of likely N-dealkylation sites (tertiary alicyclic amines) is 1. The van der Waals surface area contributed by atoms with Gasteiger partial charge in [0.25, 0.3) is 0 Å². The van der Waals surface area contributed by atoms with Gasteiger partial charge in [0.2, 0.25) is 5.91 Å². The van der Waals surface area contributed by atoms with E-state index in [1.54, 1.807) is 19.2 Å². The van der Waals surface area contributed by atoms with Gasteiger partial charge in [-0.3, -0.25) is 4.79 Å². The third-order valence-electron chi connectivity index (χ3n) is 5.36. The van der Waals surface area contributed by atoms with E-state index in [9.17, 15) is 9.18 Å². The molecule has 1 amide bonds. The quantitative estimate of drug-likeness (QED) is 0.848. The molecule has 0 bridgehead atoms. The first-order valence-electron chi connectivity index (χ1n) is 8.77. The molecule has 0 N–H and O–H groups in total. The Morgan fingerprint density at radius 3 is 2.88 bits per heavy atom. The van der Waals surface area contributed by atoms with Gasteiger partial charge in [-0.15, -0.1) is 0 Å². The van der Waals surface area contributed by atoms with E-state index in [1.165, 1.54) is 6.07 Å². The van der Waals surface area contributed by atoms with Crippen LogP contribution in [-0.2, 0) is 9.53 Å². The zero-order chi connectivity index (χ0) is 17.3. The van der Waals surface area contributed by atoms with E-state index in [-0.39, 0.29) is 29.3 Å². The first kappa shape index (κ1) is 17.2. The van der Waals surface area contributed by atoms with Gasteiger partial charge in [-0.2, -0.15) is 0 Å². The number of carbonyl (C=O) groups excluding carboxylic acids is 1. The van der Waals surface area contributed by atoms with Gasteiger partial charge in [-0.05, 0) is 51.3 Å². The van der Waals surface area contributed by atoms with Crippen LogP contribution in [0.2, 0.25) is 0 Å². The number of halogens is 1. The Hall–Kier alpha value is -1.62. The molecule has 4 nitrogen and oxygen atoms in total. The Balaban J connectivity index is 1.87. The number of ether oxygens (including phenoxy) is 1. The molecule has 2 atom stereocenters. The van der Waals surface area contributed by atoms with Crippen molar-refractivity contribution in [1.82, 2.24) is 4.90 Å². The van der Waals surface area contributed by atoms with Crippen molar-refractivity contribution in [3.05, 3.63) is 30.1 Å². The molecule has 0 saturated carbocycles. The largest absolute Gasteiger partial charge is 0.384 e. The summed E-state index contributed by atoms with van der Waals surface area (Å²) >= 11 is 0. The monoisotopic (exact) mass is 334 g/mol. The average Bonchev–Trinajstić information content (AvgIpc) is 2.82. The van der Waals surface area contributed by atoms with Crippen molar-refractivity contribution in [2.45, 2.75) is 57.2 Å². The van der Waals surface area contributed by atoms with E-state index in [1.807, 2.05) is 11.0 Å². The first-order chi connectivity index (χ1) is 11.4. The predicted molar refractivity (Wildman–Crippen MR) is 92.6 cm³/mol. The van der Waals surface area contributed by atoms with E-state index in [4.69, 9.17) is 4.74 Å². The van der Waals surface area contributed by atoms with E-state index >= 15 is 0 Å². The molecule has 1 aromatic rings. The Labute approximate surface area is 143 Å². The molecule has 2 aliphatic rings. The minimum Gasteiger partial charge on any atom is -0.384 e. The van der Waals surface area contributed by atoms with E-state index in [2.05, 4.69) is 18.7 Å². The molecule has 132 valence electrons. The highest BCUT2D eigenvalue weighted by Crippen LogP contribution is 2.43. The highest BCUT2D eigenvalue weighted by Gasteiger charge is 2.50. The maximum Gasteiger partial charge on any atom is 0.225 e. The van der Waals surface area contributed by atoms with Crippen molar-refractivity contribution in [3.8, 4) is 0 Å². The van der Waals surface area contributed by atoms with E-state index in [0.29, 0.717) is 13.0 Å². The second-order valence-electron chi connectivity index (χ2n) is 7.47.